The predicted octanol–water partition coefficient (Wildman–Crippen LogP) is 2.98. The Morgan fingerprint density at radius 2 is 1.64 bits per heavy atom. The molecule has 0 fully saturated rings. The van der Waals surface area contributed by atoms with E-state index in [2.05, 4.69) is 5.10 Å². The van der Waals surface area contributed by atoms with E-state index in [9.17, 15) is 13.2 Å². The fraction of sp³-hybridized carbons (Fsp3) is 0.158. The van der Waals surface area contributed by atoms with Crippen molar-refractivity contribution in [1.82, 2.24) is 14.1 Å². The average molecular weight is 417 g/mol. The van der Waals surface area contributed by atoms with Crippen molar-refractivity contribution in [2.24, 2.45) is 7.05 Å². The maximum Gasteiger partial charge on any atom is 0.330 e. The molecule has 0 N–H and O–H groups in total. The van der Waals surface area contributed by atoms with E-state index in [1.807, 2.05) is 6.07 Å². The molecule has 0 saturated heterocycles. The molecule has 0 bridgehead atoms. The Kier molecular flexibility index (Phi) is 4.60. The van der Waals surface area contributed by atoms with Crippen molar-refractivity contribution in [3.05, 3.63) is 82.5 Å². The van der Waals surface area contributed by atoms with Crippen molar-refractivity contribution in [2.45, 2.75) is 13.1 Å². The third-order valence-corrected chi connectivity index (χ3v) is 6.68. The molecule has 3 aromatic rings. The highest BCUT2D eigenvalue weighted by molar-refractivity contribution is 7.91. The number of aromatic nitrogens is 2. The highest BCUT2D eigenvalue weighted by atomic mass is 35.5. The Morgan fingerprint density at radius 1 is 0.964 bits per heavy atom. The van der Waals surface area contributed by atoms with E-state index < -0.39 is 16.1 Å². The lowest BCUT2D eigenvalue weighted by atomic mass is 10.2. The summed E-state index contributed by atoms with van der Waals surface area (Å²) in [4.78, 5) is 13.0. The zero-order valence-corrected chi connectivity index (χ0v) is 16.6. The largest absolute Gasteiger partial charge is 0.330 e. The lowest BCUT2D eigenvalue weighted by molar-refractivity contribution is 0.0850. The van der Waals surface area contributed by atoms with Crippen molar-refractivity contribution in [3.63, 3.8) is 0 Å². The number of carbonyl (C=O) groups excluding carboxylic acids is 1. The molecule has 0 unspecified atom stereocenters. The van der Waals surface area contributed by atoms with Crippen LogP contribution in [-0.2, 0) is 30.3 Å². The van der Waals surface area contributed by atoms with Gasteiger partial charge in [0, 0.05) is 12.1 Å². The number of anilines is 1. The first-order valence-electron chi connectivity index (χ1n) is 8.53. The number of nitrogens with zero attached hydrogens (tertiary/aromatic N) is 4. The number of halogens is 1. The number of aryl methyl sites for hydroxylation is 1. The van der Waals surface area contributed by atoms with Crippen LogP contribution in [0.15, 0.2) is 60.8 Å². The second kappa shape index (κ2) is 6.96. The second-order valence-electron chi connectivity index (χ2n) is 6.41. The van der Waals surface area contributed by atoms with E-state index in [0.29, 0.717) is 16.1 Å². The van der Waals surface area contributed by atoms with Crippen molar-refractivity contribution in [2.75, 3.05) is 4.31 Å². The normalized spacial score (nSPS) is 15.6. The molecule has 2 aromatic carbocycles. The van der Waals surface area contributed by atoms with Crippen molar-refractivity contribution < 1.29 is 13.2 Å². The van der Waals surface area contributed by atoms with Gasteiger partial charge >= 0.3 is 10.2 Å². The summed E-state index contributed by atoms with van der Waals surface area (Å²) in [7, 11) is -2.53. The Balaban J connectivity index is 1.82. The third-order valence-electron chi connectivity index (χ3n) is 4.60. The van der Waals surface area contributed by atoms with Crippen molar-refractivity contribution in [1.29, 1.82) is 0 Å². The molecule has 0 aliphatic carbocycles. The fourth-order valence-corrected chi connectivity index (χ4v) is 4.98. The zero-order chi connectivity index (χ0) is 19.9. The lowest BCUT2D eigenvalue weighted by Crippen LogP contribution is -2.51. The third kappa shape index (κ3) is 3.04. The molecule has 28 heavy (non-hydrogen) atoms. The molecule has 9 heteroatoms. The summed E-state index contributed by atoms with van der Waals surface area (Å²) in [6.45, 7) is -0.0670. The fourth-order valence-electron chi connectivity index (χ4n) is 3.19. The molecule has 1 aliphatic heterocycles. The van der Waals surface area contributed by atoms with E-state index >= 15 is 0 Å². The average Bonchev–Trinajstić information content (AvgIpc) is 3.06. The molecule has 1 amide bonds. The van der Waals surface area contributed by atoms with Gasteiger partial charge in [-0.15, -0.1) is 0 Å². The summed E-state index contributed by atoms with van der Waals surface area (Å²) < 4.78 is 30.3. The minimum atomic E-state index is -4.13. The van der Waals surface area contributed by atoms with Gasteiger partial charge in [-0.25, -0.2) is 8.61 Å². The molecule has 4 rings (SSSR count). The number of hydrogen-bond acceptors (Lipinski definition) is 4. The Labute approximate surface area is 167 Å². The SMILES string of the molecule is Cn1ncc2c1N(Cc1ccccc1Cl)S(=O)(=O)N(Cc1ccccc1)C2=O. The van der Waals surface area contributed by atoms with E-state index in [1.54, 1.807) is 55.6 Å². The number of rotatable bonds is 4. The standard InChI is InChI=1S/C19H17ClN4O3S/c1-22-18-16(11-21-22)19(25)24(12-14-7-3-2-4-8-14)28(26,27)23(18)13-15-9-5-6-10-17(15)20/h2-11H,12-13H2,1H3. The maximum atomic E-state index is 13.4. The van der Waals surface area contributed by atoms with Crippen LogP contribution in [0.4, 0.5) is 5.82 Å². The molecule has 7 nitrogen and oxygen atoms in total. The number of benzene rings is 2. The van der Waals surface area contributed by atoms with Gasteiger partial charge in [-0.2, -0.15) is 13.5 Å². The molecule has 144 valence electrons. The van der Waals surface area contributed by atoms with Gasteiger partial charge in [-0.1, -0.05) is 60.1 Å². The van der Waals surface area contributed by atoms with Gasteiger partial charge in [0.25, 0.3) is 5.91 Å². The van der Waals surface area contributed by atoms with Crippen LogP contribution in [-0.4, -0.2) is 28.4 Å². The summed E-state index contributed by atoms with van der Waals surface area (Å²) in [5, 5.41) is 4.55. The molecule has 0 saturated carbocycles. The lowest BCUT2D eigenvalue weighted by Gasteiger charge is -2.35. The quantitative estimate of drug-likeness (QED) is 0.655. The Hall–Kier alpha value is -2.84. The molecule has 0 radical (unpaired) electrons. The predicted molar refractivity (Wildman–Crippen MR) is 106 cm³/mol. The minimum absolute atomic E-state index is 0.00684. The van der Waals surface area contributed by atoms with Gasteiger partial charge < -0.3 is 0 Å². The van der Waals surface area contributed by atoms with Crippen molar-refractivity contribution >= 4 is 33.5 Å². The van der Waals surface area contributed by atoms with Crippen LogP contribution in [0.2, 0.25) is 5.02 Å². The number of amides is 1. The van der Waals surface area contributed by atoms with Gasteiger partial charge in [0.15, 0.2) is 5.82 Å². The van der Waals surface area contributed by atoms with Crippen LogP contribution in [0.25, 0.3) is 0 Å². The first-order chi connectivity index (χ1) is 13.4. The van der Waals surface area contributed by atoms with E-state index in [0.717, 1.165) is 4.31 Å². The summed E-state index contributed by atoms with van der Waals surface area (Å²) in [5.41, 5.74) is 1.58. The topological polar surface area (TPSA) is 75.5 Å². The molecule has 1 aliphatic rings. The van der Waals surface area contributed by atoms with Gasteiger partial charge in [0.05, 0.1) is 19.3 Å². The highest BCUT2D eigenvalue weighted by Crippen LogP contribution is 2.35. The summed E-state index contributed by atoms with van der Waals surface area (Å²) in [6.07, 6.45) is 1.39. The first kappa shape index (κ1) is 18.5. The number of carbonyl (C=O) groups is 1. The van der Waals surface area contributed by atoms with Crippen LogP contribution in [0.1, 0.15) is 21.5 Å². The van der Waals surface area contributed by atoms with Crippen LogP contribution >= 0.6 is 11.6 Å². The summed E-state index contributed by atoms with van der Waals surface area (Å²) in [5.74, 6) is -0.364. The van der Waals surface area contributed by atoms with Gasteiger partial charge in [0.1, 0.15) is 5.56 Å². The molecule has 0 spiro atoms. The number of fused-ring (bicyclic) bond motifs is 1. The van der Waals surface area contributed by atoms with Gasteiger partial charge in [-0.05, 0) is 17.2 Å². The van der Waals surface area contributed by atoms with Gasteiger partial charge in [0.2, 0.25) is 0 Å². The summed E-state index contributed by atoms with van der Waals surface area (Å²) >= 11 is 6.25. The first-order valence-corrected chi connectivity index (χ1v) is 10.3. The number of hydrogen-bond donors (Lipinski definition) is 0. The molecular weight excluding hydrogens is 400 g/mol. The summed E-state index contributed by atoms with van der Waals surface area (Å²) in [6, 6.07) is 16.0. The molecular formula is C19H17ClN4O3S. The van der Waals surface area contributed by atoms with Crippen LogP contribution < -0.4 is 4.31 Å². The minimum Gasteiger partial charge on any atom is -0.268 e. The highest BCUT2D eigenvalue weighted by Gasteiger charge is 2.44. The van der Waals surface area contributed by atoms with E-state index in [-0.39, 0.29) is 24.5 Å². The Bertz CT molecular complexity index is 1140. The van der Waals surface area contributed by atoms with Crippen LogP contribution in [0.5, 0.6) is 0 Å². The monoisotopic (exact) mass is 416 g/mol. The van der Waals surface area contributed by atoms with Gasteiger partial charge in [-0.3, -0.25) is 9.48 Å². The van der Waals surface area contributed by atoms with Crippen LogP contribution in [0.3, 0.4) is 0 Å². The zero-order valence-electron chi connectivity index (χ0n) is 15.0. The molecule has 1 aromatic heterocycles. The smallest absolute Gasteiger partial charge is 0.268 e. The van der Waals surface area contributed by atoms with E-state index in [1.165, 1.54) is 15.2 Å². The Morgan fingerprint density at radius 3 is 2.36 bits per heavy atom. The van der Waals surface area contributed by atoms with Crippen molar-refractivity contribution in [3.8, 4) is 0 Å². The van der Waals surface area contributed by atoms with Crippen LogP contribution in [0, 0.1) is 0 Å². The molecule has 2 heterocycles. The van der Waals surface area contributed by atoms with E-state index in [4.69, 9.17) is 11.6 Å². The molecule has 0 atom stereocenters. The maximum absolute atomic E-state index is 13.4. The second-order valence-corrected chi connectivity index (χ2v) is 8.59.